The highest BCUT2D eigenvalue weighted by atomic mass is 32.2. The van der Waals surface area contributed by atoms with E-state index >= 15 is 0 Å². The van der Waals surface area contributed by atoms with Crippen molar-refractivity contribution in [3.8, 4) is 0 Å². The molecule has 2 N–H and O–H groups in total. The first-order valence-electron chi connectivity index (χ1n) is 6.63. The van der Waals surface area contributed by atoms with Crippen molar-refractivity contribution in [2.75, 3.05) is 11.6 Å². The summed E-state index contributed by atoms with van der Waals surface area (Å²) in [6, 6.07) is 0.518. The maximum atomic E-state index is 10.5. The fourth-order valence-electron chi connectivity index (χ4n) is 2.39. The minimum atomic E-state index is -0.766. The first-order valence-corrected chi connectivity index (χ1v) is 8.79. The highest BCUT2D eigenvalue weighted by Crippen LogP contribution is 2.29. The number of nitrogens with one attached hydrogen (secondary N) is 1. The molecular formula is C13H20N2O2S2. The number of carbonyl (C=O) groups is 1. The van der Waals surface area contributed by atoms with Crippen LogP contribution >= 0.6 is 23.1 Å². The van der Waals surface area contributed by atoms with E-state index in [4.69, 9.17) is 5.11 Å². The number of nitrogens with zero attached hydrogens (tertiary/aromatic N) is 1. The monoisotopic (exact) mass is 300 g/mol. The van der Waals surface area contributed by atoms with Crippen LogP contribution in [0.4, 0.5) is 5.13 Å². The van der Waals surface area contributed by atoms with Gasteiger partial charge < -0.3 is 10.4 Å². The third-order valence-electron chi connectivity index (χ3n) is 3.43. The lowest BCUT2D eigenvalue weighted by atomic mass is 9.95. The molecule has 106 valence electrons. The molecule has 0 aliphatic heterocycles. The number of thioether (sulfide) groups is 1. The van der Waals surface area contributed by atoms with Crippen molar-refractivity contribution in [1.82, 2.24) is 4.98 Å². The number of thiazole rings is 1. The van der Waals surface area contributed by atoms with Crippen LogP contribution < -0.4 is 5.32 Å². The number of hydrogen-bond donors (Lipinski definition) is 2. The van der Waals surface area contributed by atoms with E-state index in [1.807, 2.05) is 17.1 Å². The van der Waals surface area contributed by atoms with Crippen LogP contribution in [-0.4, -0.2) is 33.6 Å². The molecule has 2 unspecified atom stereocenters. The predicted molar refractivity (Wildman–Crippen MR) is 81.3 cm³/mol. The summed E-state index contributed by atoms with van der Waals surface area (Å²) in [5.41, 5.74) is 0.882. The topological polar surface area (TPSA) is 62.2 Å². The third-order valence-corrected chi connectivity index (χ3v) is 5.35. The number of aliphatic carboxylic acids is 1. The molecule has 6 heteroatoms. The fraction of sp³-hybridized carbons (Fsp3) is 0.692. The molecule has 0 saturated heterocycles. The fourth-order valence-corrected chi connectivity index (χ4v) is 4.04. The summed E-state index contributed by atoms with van der Waals surface area (Å²) >= 11 is 3.54. The molecule has 1 aromatic heterocycles. The number of aromatic nitrogens is 1. The van der Waals surface area contributed by atoms with Gasteiger partial charge in [0.15, 0.2) is 5.13 Å². The Labute approximate surface area is 122 Å². The number of hydrogen-bond acceptors (Lipinski definition) is 5. The second-order valence-corrected chi connectivity index (χ2v) is 6.90. The number of rotatable bonds is 6. The summed E-state index contributed by atoms with van der Waals surface area (Å²) in [5.74, 6) is -0.766. The minimum absolute atomic E-state index is 0.154. The van der Waals surface area contributed by atoms with E-state index < -0.39 is 5.97 Å². The smallest absolute Gasteiger partial charge is 0.303 e. The zero-order valence-corrected chi connectivity index (χ0v) is 12.7. The normalized spacial score (nSPS) is 23.2. The molecule has 0 aromatic carbocycles. The first-order chi connectivity index (χ1) is 9.17. The molecule has 1 fully saturated rings. The molecule has 0 radical (unpaired) electrons. The van der Waals surface area contributed by atoms with E-state index in [1.165, 1.54) is 25.7 Å². The van der Waals surface area contributed by atoms with E-state index in [-0.39, 0.29) is 6.42 Å². The van der Waals surface area contributed by atoms with Crippen LogP contribution in [0.3, 0.4) is 0 Å². The van der Waals surface area contributed by atoms with Crippen molar-refractivity contribution in [2.45, 2.75) is 49.8 Å². The van der Waals surface area contributed by atoms with Crippen LogP contribution in [0, 0.1) is 0 Å². The van der Waals surface area contributed by atoms with Crippen molar-refractivity contribution < 1.29 is 9.90 Å². The lowest BCUT2D eigenvalue weighted by Gasteiger charge is -2.28. The summed E-state index contributed by atoms with van der Waals surface area (Å²) in [7, 11) is 0. The van der Waals surface area contributed by atoms with Gasteiger partial charge in [-0.1, -0.05) is 6.42 Å². The van der Waals surface area contributed by atoms with Crippen LogP contribution in [0.5, 0.6) is 0 Å². The molecule has 2 rings (SSSR count). The largest absolute Gasteiger partial charge is 0.481 e. The number of aryl methyl sites for hydroxylation is 1. The quantitative estimate of drug-likeness (QED) is 0.844. The second-order valence-electron chi connectivity index (χ2n) is 4.90. The minimum Gasteiger partial charge on any atom is -0.481 e. The van der Waals surface area contributed by atoms with E-state index in [0.29, 0.717) is 12.5 Å². The lowest BCUT2D eigenvalue weighted by molar-refractivity contribution is -0.136. The molecule has 19 heavy (non-hydrogen) atoms. The van der Waals surface area contributed by atoms with Gasteiger partial charge in [-0.15, -0.1) is 11.3 Å². The van der Waals surface area contributed by atoms with Gasteiger partial charge in [0.1, 0.15) is 0 Å². The molecule has 0 bridgehead atoms. The predicted octanol–water partition coefficient (Wildman–Crippen LogP) is 3.25. The van der Waals surface area contributed by atoms with E-state index in [9.17, 15) is 4.79 Å². The van der Waals surface area contributed by atoms with Crippen LogP contribution in [0.2, 0.25) is 0 Å². The van der Waals surface area contributed by atoms with Gasteiger partial charge in [-0.2, -0.15) is 11.8 Å². The number of anilines is 1. The van der Waals surface area contributed by atoms with Crippen molar-refractivity contribution >= 4 is 34.2 Å². The Morgan fingerprint density at radius 2 is 2.47 bits per heavy atom. The Hall–Kier alpha value is -0.750. The molecule has 1 heterocycles. The maximum absolute atomic E-state index is 10.5. The third kappa shape index (κ3) is 4.69. The van der Waals surface area contributed by atoms with Crippen LogP contribution in [-0.2, 0) is 11.2 Å². The summed E-state index contributed by atoms with van der Waals surface area (Å²) in [4.78, 5) is 15.0. The lowest BCUT2D eigenvalue weighted by Crippen LogP contribution is -2.28. The molecule has 1 saturated carbocycles. The molecule has 2 atom stereocenters. The van der Waals surface area contributed by atoms with Gasteiger partial charge in [-0.3, -0.25) is 4.79 Å². The molecule has 1 aliphatic rings. The summed E-state index contributed by atoms with van der Waals surface area (Å²) in [5, 5.41) is 15.8. The van der Waals surface area contributed by atoms with Crippen LogP contribution in [0.1, 0.15) is 37.8 Å². The molecular weight excluding hydrogens is 280 g/mol. The molecule has 1 aromatic rings. The van der Waals surface area contributed by atoms with Gasteiger partial charge >= 0.3 is 5.97 Å². The Kier molecular flexibility index (Phi) is 5.51. The van der Waals surface area contributed by atoms with E-state index in [0.717, 1.165) is 16.1 Å². The highest BCUT2D eigenvalue weighted by Gasteiger charge is 2.21. The Morgan fingerprint density at radius 3 is 3.21 bits per heavy atom. The van der Waals surface area contributed by atoms with Gasteiger partial charge in [-0.05, 0) is 25.5 Å². The zero-order valence-electron chi connectivity index (χ0n) is 11.1. The van der Waals surface area contributed by atoms with Gasteiger partial charge in [0, 0.05) is 23.1 Å². The molecule has 4 nitrogen and oxygen atoms in total. The molecule has 1 aliphatic carbocycles. The van der Waals surface area contributed by atoms with E-state index in [2.05, 4.69) is 16.6 Å². The average molecular weight is 300 g/mol. The standard InChI is InChI=1S/C13H20N2O2S2/c1-18-11-4-2-3-9(7-11)14-13-15-10(8-19-13)5-6-12(16)17/h8-9,11H,2-7H2,1H3,(H,14,15)(H,16,17). The van der Waals surface area contributed by atoms with Crippen molar-refractivity contribution in [3.63, 3.8) is 0 Å². The summed E-state index contributed by atoms with van der Waals surface area (Å²) < 4.78 is 0. The average Bonchev–Trinajstić information content (AvgIpc) is 2.84. The van der Waals surface area contributed by atoms with Gasteiger partial charge in [0.2, 0.25) is 0 Å². The first kappa shape index (κ1) is 14.7. The summed E-state index contributed by atoms with van der Waals surface area (Å²) in [6.07, 6.45) is 7.86. The summed E-state index contributed by atoms with van der Waals surface area (Å²) in [6.45, 7) is 0. The second kappa shape index (κ2) is 7.14. The van der Waals surface area contributed by atoms with Crippen LogP contribution in [0.25, 0.3) is 0 Å². The van der Waals surface area contributed by atoms with Crippen molar-refractivity contribution in [2.24, 2.45) is 0 Å². The SMILES string of the molecule is CSC1CCCC(Nc2nc(CCC(=O)O)cs2)C1. The van der Waals surface area contributed by atoms with E-state index in [1.54, 1.807) is 11.3 Å². The van der Waals surface area contributed by atoms with Crippen LogP contribution in [0.15, 0.2) is 5.38 Å². The molecule has 0 spiro atoms. The number of carboxylic acids is 1. The maximum Gasteiger partial charge on any atom is 0.303 e. The van der Waals surface area contributed by atoms with Gasteiger partial charge in [-0.25, -0.2) is 4.98 Å². The van der Waals surface area contributed by atoms with Crippen molar-refractivity contribution in [3.05, 3.63) is 11.1 Å². The Balaban J connectivity index is 1.83. The Bertz CT molecular complexity index is 423. The number of carboxylic acid groups (broad SMARTS) is 1. The van der Waals surface area contributed by atoms with Gasteiger partial charge in [0.25, 0.3) is 0 Å². The highest BCUT2D eigenvalue weighted by molar-refractivity contribution is 7.99. The molecule has 0 amide bonds. The Morgan fingerprint density at radius 1 is 1.63 bits per heavy atom. The van der Waals surface area contributed by atoms with Gasteiger partial charge in [0.05, 0.1) is 12.1 Å². The zero-order chi connectivity index (χ0) is 13.7. The van der Waals surface area contributed by atoms with Crippen molar-refractivity contribution in [1.29, 1.82) is 0 Å².